The number of carbonyl (C=O) groups excluding carboxylic acids is 2. The van der Waals surface area contributed by atoms with E-state index in [1.807, 2.05) is 32.0 Å². The zero-order valence-corrected chi connectivity index (χ0v) is 14.5. The van der Waals surface area contributed by atoms with E-state index >= 15 is 0 Å². The van der Waals surface area contributed by atoms with Crippen LogP contribution in [0.15, 0.2) is 54.6 Å². The standard InChI is InChI=1S/C19H21ClN2O2/c1-13(2)17(22-18(23)15-8-4-3-5-9-15)19(24)21-12-14-7-6-10-16(20)11-14/h3-11,13,17H,12H2,1-2H3,(H,21,24)(H,22,23)/t17-/m1/s1. The van der Waals surface area contributed by atoms with E-state index in [0.717, 1.165) is 5.56 Å². The van der Waals surface area contributed by atoms with Gasteiger partial charge in [-0.1, -0.05) is 55.8 Å². The number of nitrogens with one attached hydrogen (secondary N) is 2. The second-order valence-electron chi connectivity index (χ2n) is 5.91. The Morgan fingerprint density at radius 1 is 1.04 bits per heavy atom. The SMILES string of the molecule is CC(C)[C@@H](NC(=O)c1ccccc1)C(=O)NCc1cccc(Cl)c1. The maximum Gasteiger partial charge on any atom is 0.251 e. The number of hydrogen-bond donors (Lipinski definition) is 2. The summed E-state index contributed by atoms with van der Waals surface area (Å²) in [6.07, 6.45) is 0. The third-order valence-corrected chi connectivity index (χ3v) is 3.86. The van der Waals surface area contributed by atoms with Crippen molar-refractivity contribution in [3.63, 3.8) is 0 Å². The van der Waals surface area contributed by atoms with Gasteiger partial charge in [-0.25, -0.2) is 0 Å². The fourth-order valence-electron chi connectivity index (χ4n) is 2.30. The average molecular weight is 345 g/mol. The van der Waals surface area contributed by atoms with Gasteiger partial charge in [0.2, 0.25) is 5.91 Å². The van der Waals surface area contributed by atoms with Crippen molar-refractivity contribution in [2.24, 2.45) is 5.92 Å². The van der Waals surface area contributed by atoms with Gasteiger partial charge in [0, 0.05) is 17.1 Å². The van der Waals surface area contributed by atoms with E-state index in [1.165, 1.54) is 0 Å². The van der Waals surface area contributed by atoms with Gasteiger partial charge >= 0.3 is 0 Å². The van der Waals surface area contributed by atoms with E-state index in [2.05, 4.69) is 10.6 Å². The molecule has 0 fully saturated rings. The number of carbonyl (C=O) groups is 2. The number of halogens is 1. The van der Waals surface area contributed by atoms with Crippen LogP contribution in [0.5, 0.6) is 0 Å². The smallest absolute Gasteiger partial charge is 0.251 e. The minimum absolute atomic E-state index is 0.0305. The summed E-state index contributed by atoms with van der Waals surface area (Å²) in [6, 6.07) is 15.6. The summed E-state index contributed by atoms with van der Waals surface area (Å²) in [4.78, 5) is 24.7. The number of benzene rings is 2. The topological polar surface area (TPSA) is 58.2 Å². The van der Waals surface area contributed by atoms with E-state index in [1.54, 1.807) is 36.4 Å². The molecule has 126 valence electrons. The third kappa shape index (κ3) is 5.10. The van der Waals surface area contributed by atoms with Gasteiger partial charge in [-0.05, 0) is 35.7 Å². The summed E-state index contributed by atoms with van der Waals surface area (Å²) in [6.45, 7) is 4.16. The first-order valence-electron chi connectivity index (χ1n) is 7.85. The van der Waals surface area contributed by atoms with Gasteiger partial charge in [0.05, 0.1) is 0 Å². The second-order valence-corrected chi connectivity index (χ2v) is 6.35. The Hall–Kier alpha value is -2.33. The summed E-state index contributed by atoms with van der Waals surface area (Å²) < 4.78 is 0. The Balaban J connectivity index is 1.99. The summed E-state index contributed by atoms with van der Waals surface area (Å²) >= 11 is 5.94. The van der Waals surface area contributed by atoms with Gasteiger partial charge in [-0.2, -0.15) is 0 Å². The van der Waals surface area contributed by atoms with E-state index in [9.17, 15) is 9.59 Å². The van der Waals surface area contributed by atoms with Crippen molar-refractivity contribution in [3.8, 4) is 0 Å². The quantitative estimate of drug-likeness (QED) is 0.843. The number of rotatable bonds is 6. The molecule has 2 aromatic carbocycles. The zero-order chi connectivity index (χ0) is 17.5. The zero-order valence-electron chi connectivity index (χ0n) is 13.8. The predicted molar refractivity (Wildman–Crippen MR) is 95.8 cm³/mol. The van der Waals surface area contributed by atoms with E-state index in [-0.39, 0.29) is 17.7 Å². The molecule has 0 spiro atoms. The monoisotopic (exact) mass is 344 g/mol. The van der Waals surface area contributed by atoms with Crippen molar-refractivity contribution in [2.45, 2.75) is 26.4 Å². The largest absolute Gasteiger partial charge is 0.350 e. The fourth-order valence-corrected chi connectivity index (χ4v) is 2.51. The van der Waals surface area contributed by atoms with Gasteiger partial charge in [-0.3, -0.25) is 9.59 Å². The molecule has 0 aliphatic carbocycles. The molecule has 0 unspecified atom stereocenters. The minimum atomic E-state index is -0.600. The Bertz CT molecular complexity index is 702. The van der Waals surface area contributed by atoms with Crippen molar-refractivity contribution >= 4 is 23.4 Å². The van der Waals surface area contributed by atoms with Gasteiger partial charge in [0.1, 0.15) is 6.04 Å². The lowest BCUT2D eigenvalue weighted by Crippen LogP contribution is -2.49. The van der Waals surface area contributed by atoms with Crippen LogP contribution in [-0.2, 0) is 11.3 Å². The van der Waals surface area contributed by atoms with Crippen LogP contribution in [0, 0.1) is 5.92 Å². The van der Waals surface area contributed by atoms with Gasteiger partial charge < -0.3 is 10.6 Å². The summed E-state index contributed by atoms with van der Waals surface area (Å²) in [7, 11) is 0. The molecule has 4 nitrogen and oxygen atoms in total. The first-order chi connectivity index (χ1) is 11.5. The maximum atomic E-state index is 12.5. The van der Waals surface area contributed by atoms with Crippen molar-refractivity contribution in [3.05, 3.63) is 70.7 Å². The Morgan fingerprint density at radius 3 is 2.38 bits per heavy atom. The molecule has 2 amide bonds. The Labute approximate surface area is 147 Å². The summed E-state index contributed by atoms with van der Waals surface area (Å²) in [5, 5.41) is 6.28. The minimum Gasteiger partial charge on any atom is -0.350 e. The molecule has 0 saturated heterocycles. The first-order valence-corrected chi connectivity index (χ1v) is 8.23. The molecule has 0 radical (unpaired) electrons. The highest BCUT2D eigenvalue weighted by Gasteiger charge is 2.24. The predicted octanol–water partition coefficient (Wildman–Crippen LogP) is 3.41. The van der Waals surface area contributed by atoms with Gasteiger partial charge in [-0.15, -0.1) is 0 Å². The average Bonchev–Trinajstić information content (AvgIpc) is 2.58. The molecular weight excluding hydrogens is 324 g/mol. The lowest BCUT2D eigenvalue weighted by Gasteiger charge is -2.22. The second kappa shape index (κ2) is 8.50. The summed E-state index contributed by atoms with van der Waals surface area (Å²) in [5.74, 6) is -0.501. The van der Waals surface area contributed by atoms with Crippen LogP contribution in [0.2, 0.25) is 5.02 Å². The van der Waals surface area contributed by atoms with E-state index in [0.29, 0.717) is 17.1 Å². The van der Waals surface area contributed by atoms with Gasteiger partial charge in [0.15, 0.2) is 0 Å². The van der Waals surface area contributed by atoms with Crippen molar-refractivity contribution in [1.82, 2.24) is 10.6 Å². The van der Waals surface area contributed by atoms with E-state index in [4.69, 9.17) is 11.6 Å². The lowest BCUT2D eigenvalue weighted by atomic mass is 10.0. The van der Waals surface area contributed by atoms with Crippen LogP contribution < -0.4 is 10.6 Å². The molecule has 2 rings (SSSR count). The molecule has 0 aromatic heterocycles. The van der Waals surface area contributed by atoms with Crippen LogP contribution in [0.25, 0.3) is 0 Å². The molecule has 0 aliphatic heterocycles. The van der Waals surface area contributed by atoms with E-state index < -0.39 is 6.04 Å². The molecule has 0 heterocycles. The highest BCUT2D eigenvalue weighted by Crippen LogP contribution is 2.11. The molecule has 24 heavy (non-hydrogen) atoms. The van der Waals surface area contributed by atoms with Crippen molar-refractivity contribution in [1.29, 1.82) is 0 Å². The molecule has 0 bridgehead atoms. The number of amides is 2. The van der Waals surface area contributed by atoms with Crippen LogP contribution in [-0.4, -0.2) is 17.9 Å². The highest BCUT2D eigenvalue weighted by molar-refractivity contribution is 6.30. The molecular formula is C19H21ClN2O2. The van der Waals surface area contributed by atoms with Crippen LogP contribution in [0.1, 0.15) is 29.8 Å². The fraction of sp³-hybridized carbons (Fsp3) is 0.263. The summed E-state index contributed by atoms with van der Waals surface area (Å²) in [5.41, 5.74) is 1.44. The van der Waals surface area contributed by atoms with Gasteiger partial charge in [0.25, 0.3) is 5.91 Å². The van der Waals surface area contributed by atoms with Crippen LogP contribution in [0.4, 0.5) is 0 Å². The highest BCUT2D eigenvalue weighted by atomic mass is 35.5. The Kier molecular flexibility index (Phi) is 6.38. The third-order valence-electron chi connectivity index (χ3n) is 3.63. The van der Waals surface area contributed by atoms with Crippen molar-refractivity contribution in [2.75, 3.05) is 0 Å². The molecule has 0 aliphatic rings. The molecule has 0 saturated carbocycles. The lowest BCUT2D eigenvalue weighted by molar-refractivity contribution is -0.124. The number of hydrogen-bond acceptors (Lipinski definition) is 2. The van der Waals surface area contributed by atoms with Crippen LogP contribution in [0.3, 0.4) is 0 Å². The first kappa shape index (κ1) is 18.0. The normalized spacial score (nSPS) is 11.8. The molecule has 2 N–H and O–H groups in total. The molecule has 2 aromatic rings. The van der Waals surface area contributed by atoms with Crippen LogP contribution >= 0.6 is 11.6 Å². The Morgan fingerprint density at radius 2 is 1.75 bits per heavy atom. The molecule has 5 heteroatoms. The molecule has 1 atom stereocenters. The maximum absolute atomic E-state index is 12.5. The van der Waals surface area contributed by atoms with Crippen molar-refractivity contribution < 1.29 is 9.59 Å².